The number of hydrogen-bond donors (Lipinski definition) is 2. The molecule has 1 heterocycles. The zero-order chi connectivity index (χ0) is 14.6. The zero-order valence-electron chi connectivity index (χ0n) is 13.2. The van der Waals surface area contributed by atoms with Gasteiger partial charge in [-0.15, -0.1) is 0 Å². The van der Waals surface area contributed by atoms with Crippen LogP contribution in [0.25, 0.3) is 0 Å². The fourth-order valence-electron chi connectivity index (χ4n) is 2.41. The number of guanidine groups is 1. The molecule has 0 radical (unpaired) electrons. The minimum atomic E-state index is 0.544. The van der Waals surface area contributed by atoms with Crippen LogP contribution in [0.1, 0.15) is 19.8 Å². The van der Waals surface area contributed by atoms with Crippen molar-refractivity contribution in [1.82, 2.24) is 15.5 Å². The minimum Gasteiger partial charge on any atom is -0.383 e. The Bertz CT molecular complexity index is 274. The average molecular weight is 286 g/mol. The van der Waals surface area contributed by atoms with Gasteiger partial charge in [-0.2, -0.15) is 0 Å². The topological polar surface area (TPSA) is 58.1 Å². The Morgan fingerprint density at radius 2 is 2.05 bits per heavy atom. The van der Waals surface area contributed by atoms with Gasteiger partial charge in [0.1, 0.15) is 0 Å². The predicted octanol–water partition coefficient (Wildman–Crippen LogP) is 0.299. The molecule has 118 valence electrons. The van der Waals surface area contributed by atoms with E-state index in [2.05, 4.69) is 27.4 Å². The first-order valence-electron chi connectivity index (χ1n) is 7.56. The van der Waals surface area contributed by atoms with Gasteiger partial charge in [0.05, 0.1) is 19.8 Å². The second-order valence-corrected chi connectivity index (χ2v) is 4.96. The Kier molecular flexibility index (Phi) is 9.36. The summed E-state index contributed by atoms with van der Waals surface area (Å²) in [6.07, 6.45) is 2.49. The number of likely N-dealkylation sites (tertiary alicyclic amines) is 1. The lowest BCUT2D eigenvalue weighted by molar-refractivity contribution is 0.142. The van der Waals surface area contributed by atoms with Gasteiger partial charge in [0.2, 0.25) is 0 Å². The smallest absolute Gasteiger partial charge is 0.191 e. The van der Waals surface area contributed by atoms with Gasteiger partial charge in [-0.1, -0.05) is 0 Å². The number of methoxy groups -OCH3 is 2. The Morgan fingerprint density at radius 1 is 1.25 bits per heavy atom. The van der Waals surface area contributed by atoms with Crippen molar-refractivity contribution in [2.24, 2.45) is 4.99 Å². The molecule has 1 unspecified atom stereocenters. The second-order valence-electron chi connectivity index (χ2n) is 4.96. The van der Waals surface area contributed by atoms with Crippen LogP contribution in [-0.4, -0.2) is 77.1 Å². The molecule has 2 N–H and O–H groups in total. The average Bonchev–Trinajstić information content (AvgIpc) is 2.90. The molecule has 1 aliphatic heterocycles. The van der Waals surface area contributed by atoms with Crippen LogP contribution in [0.4, 0.5) is 0 Å². The van der Waals surface area contributed by atoms with E-state index in [9.17, 15) is 0 Å². The lowest BCUT2D eigenvalue weighted by atomic mass is 10.2. The van der Waals surface area contributed by atoms with Gasteiger partial charge < -0.3 is 20.1 Å². The highest BCUT2D eigenvalue weighted by Gasteiger charge is 2.23. The highest BCUT2D eigenvalue weighted by molar-refractivity contribution is 5.79. The van der Waals surface area contributed by atoms with E-state index >= 15 is 0 Å². The molecule has 0 amide bonds. The van der Waals surface area contributed by atoms with E-state index < -0.39 is 0 Å². The lowest BCUT2D eigenvalue weighted by Crippen LogP contribution is -2.40. The molecule has 0 aromatic rings. The maximum atomic E-state index is 5.17. The molecule has 1 saturated heterocycles. The molecule has 0 aliphatic carbocycles. The van der Waals surface area contributed by atoms with Crippen LogP contribution in [0.5, 0.6) is 0 Å². The Labute approximate surface area is 122 Å². The maximum absolute atomic E-state index is 5.17. The maximum Gasteiger partial charge on any atom is 0.191 e. The summed E-state index contributed by atoms with van der Waals surface area (Å²) in [5.41, 5.74) is 0. The van der Waals surface area contributed by atoms with E-state index in [-0.39, 0.29) is 0 Å². The van der Waals surface area contributed by atoms with E-state index in [1.165, 1.54) is 12.8 Å². The summed E-state index contributed by atoms with van der Waals surface area (Å²) >= 11 is 0. The summed E-state index contributed by atoms with van der Waals surface area (Å²) in [6, 6.07) is 0.544. The van der Waals surface area contributed by atoms with Crippen molar-refractivity contribution in [1.29, 1.82) is 0 Å². The summed E-state index contributed by atoms with van der Waals surface area (Å²) in [5, 5.41) is 6.54. The van der Waals surface area contributed by atoms with Gasteiger partial charge in [-0.05, 0) is 26.3 Å². The molecule has 6 nitrogen and oxygen atoms in total. The van der Waals surface area contributed by atoms with Crippen molar-refractivity contribution >= 4 is 5.96 Å². The van der Waals surface area contributed by atoms with Gasteiger partial charge in [0, 0.05) is 39.9 Å². The number of hydrogen-bond acceptors (Lipinski definition) is 4. The van der Waals surface area contributed by atoms with Crippen molar-refractivity contribution in [2.75, 3.05) is 60.2 Å². The van der Waals surface area contributed by atoms with Gasteiger partial charge in [-0.25, -0.2) is 0 Å². The van der Waals surface area contributed by atoms with E-state index in [0.717, 1.165) is 45.3 Å². The zero-order valence-corrected chi connectivity index (χ0v) is 13.2. The second kappa shape index (κ2) is 10.9. The van der Waals surface area contributed by atoms with Crippen LogP contribution in [0, 0.1) is 0 Å². The van der Waals surface area contributed by atoms with Crippen molar-refractivity contribution in [3.8, 4) is 0 Å². The van der Waals surface area contributed by atoms with E-state index in [1.54, 1.807) is 14.2 Å². The largest absolute Gasteiger partial charge is 0.383 e. The molecule has 1 atom stereocenters. The number of nitrogens with zero attached hydrogens (tertiary/aromatic N) is 2. The monoisotopic (exact) mass is 286 g/mol. The third-order valence-corrected chi connectivity index (χ3v) is 3.48. The van der Waals surface area contributed by atoms with E-state index in [1.807, 2.05) is 0 Å². The molecule has 0 bridgehead atoms. The first-order chi connectivity index (χ1) is 9.81. The molecule has 6 heteroatoms. The lowest BCUT2D eigenvalue weighted by Gasteiger charge is -2.23. The number of rotatable bonds is 9. The summed E-state index contributed by atoms with van der Waals surface area (Å²) in [7, 11) is 3.46. The summed E-state index contributed by atoms with van der Waals surface area (Å²) in [4.78, 5) is 7.16. The highest BCUT2D eigenvalue weighted by Crippen LogP contribution is 2.16. The fourth-order valence-corrected chi connectivity index (χ4v) is 2.41. The Morgan fingerprint density at radius 3 is 2.75 bits per heavy atom. The SMILES string of the molecule is CCNC(=NCC1CCCN1CCOC)NCCOC. The number of aliphatic imine (C=N–C) groups is 1. The van der Waals surface area contributed by atoms with Crippen LogP contribution in [-0.2, 0) is 9.47 Å². The van der Waals surface area contributed by atoms with Gasteiger partial charge >= 0.3 is 0 Å². The van der Waals surface area contributed by atoms with E-state index in [0.29, 0.717) is 12.6 Å². The fraction of sp³-hybridized carbons (Fsp3) is 0.929. The first kappa shape index (κ1) is 17.2. The quantitative estimate of drug-likeness (QED) is 0.363. The number of ether oxygens (including phenoxy) is 2. The Balaban J connectivity index is 2.39. The minimum absolute atomic E-state index is 0.544. The highest BCUT2D eigenvalue weighted by atomic mass is 16.5. The van der Waals surface area contributed by atoms with E-state index in [4.69, 9.17) is 9.47 Å². The molecule has 1 fully saturated rings. The molecular formula is C14H30N4O2. The molecule has 1 aliphatic rings. The molecular weight excluding hydrogens is 256 g/mol. The third kappa shape index (κ3) is 6.54. The normalized spacial score (nSPS) is 20.4. The summed E-state index contributed by atoms with van der Waals surface area (Å²) in [5.74, 6) is 0.878. The van der Waals surface area contributed by atoms with Gasteiger partial charge in [0.15, 0.2) is 5.96 Å². The predicted molar refractivity (Wildman–Crippen MR) is 82.3 cm³/mol. The Hall–Kier alpha value is -0.850. The standard InChI is InChI=1S/C14H30N4O2/c1-4-15-14(16-7-10-19-2)17-12-13-6-5-8-18(13)9-11-20-3/h13H,4-12H2,1-3H3,(H2,15,16,17). The molecule has 0 aromatic carbocycles. The molecule has 0 aromatic heterocycles. The van der Waals surface area contributed by atoms with Crippen LogP contribution >= 0.6 is 0 Å². The van der Waals surface area contributed by atoms with Crippen molar-refractivity contribution < 1.29 is 9.47 Å². The van der Waals surface area contributed by atoms with Crippen molar-refractivity contribution in [3.63, 3.8) is 0 Å². The summed E-state index contributed by atoms with van der Waals surface area (Å²) < 4.78 is 10.2. The molecule has 0 spiro atoms. The van der Waals surface area contributed by atoms with Crippen LogP contribution < -0.4 is 10.6 Å². The van der Waals surface area contributed by atoms with Crippen molar-refractivity contribution in [2.45, 2.75) is 25.8 Å². The van der Waals surface area contributed by atoms with Crippen LogP contribution in [0.2, 0.25) is 0 Å². The van der Waals surface area contributed by atoms with Crippen LogP contribution in [0.3, 0.4) is 0 Å². The number of nitrogens with one attached hydrogen (secondary N) is 2. The van der Waals surface area contributed by atoms with Crippen LogP contribution in [0.15, 0.2) is 4.99 Å². The molecule has 20 heavy (non-hydrogen) atoms. The van der Waals surface area contributed by atoms with Crippen molar-refractivity contribution in [3.05, 3.63) is 0 Å². The molecule has 0 saturated carbocycles. The van der Waals surface area contributed by atoms with Gasteiger partial charge in [-0.3, -0.25) is 9.89 Å². The third-order valence-electron chi connectivity index (χ3n) is 3.48. The summed E-state index contributed by atoms with van der Waals surface area (Å²) in [6.45, 7) is 8.22. The van der Waals surface area contributed by atoms with Gasteiger partial charge in [0.25, 0.3) is 0 Å². The molecule has 1 rings (SSSR count). The first-order valence-corrected chi connectivity index (χ1v) is 7.56.